The Bertz CT molecular complexity index is 748. The normalized spacial score (nSPS) is 11.2. The molecule has 0 amide bonds. The predicted molar refractivity (Wildman–Crippen MR) is 76.3 cm³/mol. The molecule has 0 saturated heterocycles. The minimum atomic E-state index is -3.98. The van der Waals surface area contributed by atoms with Crippen molar-refractivity contribution in [2.75, 3.05) is 7.11 Å². The van der Waals surface area contributed by atoms with Crippen molar-refractivity contribution in [2.24, 2.45) is 0 Å². The van der Waals surface area contributed by atoms with E-state index in [1.165, 1.54) is 25.4 Å². The van der Waals surface area contributed by atoms with Crippen molar-refractivity contribution in [1.82, 2.24) is 4.98 Å². The SMILES string of the molecule is COc1cc(CO)ccc1Oc1ncccc1S(=O)(=O)Cl. The lowest BCUT2D eigenvalue weighted by atomic mass is 10.2. The summed E-state index contributed by atoms with van der Waals surface area (Å²) in [5, 5.41) is 9.08. The predicted octanol–water partition coefficient (Wildman–Crippen LogP) is 2.30. The molecule has 0 radical (unpaired) electrons. The van der Waals surface area contributed by atoms with Gasteiger partial charge in [0.1, 0.15) is 4.90 Å². The molecule has 2 aromatic rings. The number of aliphatic hydroxyl groups is 1. The van der Waals surface area contributed by atoms with Gasteiger partial charge in [0, 0.05) is 16.9 Å². The molecule has 0 atom stereocenters. The molecule has 1 aromatic heterocycles. The highest BCUT2D eigenvalue weighted by Crippen LogP contribution is 2.34. The van der Waals surface area contributed by atoms with Crippen LogP contribution in [0, 0.1) is 0 Å². The highest BCUT2D eigenvalue weighted by Gasteiger charge is 2.19. The lowest BCUT2D eigenvalue weighted by Gasteiger charge is -2.12. The van der Waals surface area contributed by atoms with E-state index in [4.69, 9.17) is 25.3 Å². The molecule has 0 unspecified atom stereocenters. The Morgan fingerprint density at radius 1 is 1.29 bits per heavy atom. The summed E-state index contributed by atoms with van der Waals surface area (Å²) in [6, 6.07) is 7.47. The average Bonchev–Trinajstić information content (AvgIpc) is 2.47. The fourth-order valence-corrected chi connectivity index (χ4v) is 2.53. The van der Waals surface area contributed by atoms with E-state index in [0.29, 0.717) is 11.3 Å². The van der Waals surface area contributed by atoms with Crippen LogP contribution >= 0.6 is 10.7 Å². The molecule has 0 saturated carbocycles. The molecule has 1 heterocycles. The summed E-state index contributed by atoms with van der Waals surface area (Å²) in [6.07, 6.45) is 1.38. The molecular weight excluding hydrogens is 318 g/mol. The van der Waals surface area contributed by atoms with Gasteiger partial charge >= 0.3 is 0 Å². The Labute approximate surface area is 126 Å². The van der Waals surface area contributed by atoms with E-state index in [2.05, 4.69) is 4.98 Å². The van der Waals surface area contributed by atoms with Gasteiger partial charge < -0.3 is 14.6 Å². The fourth-order valence-electron chi connectivity index (χ4n) is 1.64. The number of aliphatic hydroxyl groups excluding tert-OH is 1. The smallest absolute Gasteiger partial charge is 0.266 e. The zero-order chi connectivity index (χ0) is 15.5. The third kappa shape index (κ3) is 3.63. The summed E-state index contributed by atoms with van der Waals surface area (Å²) in [7, 11) is 2.79. The van der Waals surface area contributed by atoms with Crippen LogP contribution in [0.15, 0.2) is 41.4 Å². The molecule has 112 valence electrons. The second-order valence-electron chi connectivity index (χ2n) is 3.99. The van der Waals surface area contributed by atoms with Crippen molar-refractivity contribution in [1.29, 1.82) is 0 Å². The summed E-state index contributed by atoms with van der Waals surface area (Å²) in [4.78, 5) is 3.63. The van der Waals surface area contributed by atoms with E-state index in [-0.39, 0.29) is 23.1 Å². The maximum atomic E-state index is 11.5. The second kappa shape index (κ2) is 6.30. The molecule has 0 aliphatic rings. The van der Waals surface area contributed by atoms with Crippen molar-refractivity contribution in [3.63, 3.8) is 0 Å². The van der Waals surface area contributed by atoms with Crippen molar-refractivity contribution >= 4 is 19.7 Å². The Balaban J connectivity index is 2.44. The Kier molecular flexibility index (Phi) is 4.66. The van der Waals surface area contributed by atoms with Gasteiger partial charge in [-0.3, -0.25) is 0 Å². The first-order valence-electron chi connectivity index (χ1n) is 5.81. The van der Waals surface area contributed by atoms with Gasteiger partial charge in [0.25, 0.3) is 9.05 Å². The number of pyridine rings is 1. The van der Waals surface area contributed by atoms with Crippen LogP contribution in [-0.2, 0) is 15.7 Å². The molecule has 0 fully saturated rings. The molecule has 2 rings (SSSR count). The van der Waals surface area contributed by atoms with Crippen LogP contribution < -0.4 is 9.47 Å². The van der Waals surface area contributed by atoms with E-state index in [1.54, 1.807) is 18.2 Å². The van der Waals surface area contributed by atoms with Gasteiger partial charge in [0.05, 0.1) is 13.7 Å². The van der Waals surface area contributed by atoms with Crippen LogP contribution in [0.2, 0.25) is 0 Å². The first kappa shape index (κ1) is 15.6. The average molecular weight is 330 g/mol. The fraction of sp³-hybridized carbons (Fsp3) is 0.154. The van der Waals surface area contributed by atoms with Gasteiger partial charge in [-0.15, -0.1) is 0 Å². The van der Waals surface area contributed by atoms with Crippen LogP contribution in [0.5, 0.6) is 17.4 Å². The highest BCUT2D eigenvalue weighted by atomic mass is 35.7. The number of methoxy groups -OCH3 is 1. The number of hydrogen-bond donors (Lipinski definition) is 1. The van der Waals surface area contributed by atoms with E-state index in [9.17, 15) is 8.42 Å². The molecule has 1 N–H and O–H groups in total. The Morgan fingerprint density at radius 3 is 2.67 bits per heavy atom. The minimum Gasteiger partial charge on any atom is -0.493 e. The van der Waals surface area contributed by atoms with Crippen LogP contribution in [0.25, 0.3) is 0 Å². The number of hydrogen-bond acceptors (Lipinski definition) is 6. The second-order valence-corrected chi connectivity index (χ2v) is 6.52. The highest BCUT2D eigenvalue weighted by molar-refractivity contribution is 8.13. The third-order valence-corrected chi connectivity index (χ3v) is 3.95. The molecule has 0 aliphatic carbocycles. The molecule has 0 bridgehead atoms. The number of rotatable bonds is 5. The lowest BCUT2D eigenvalue weighted by Crippen LogP contribution is -1.99. The minimum absolute atomic E-state index is 0.150. The number of aromatic nitrogens is 1. The van der Waals surface area contributed by atoms with Crippen LogP contribution in [0.1, 0.15) is 5.56 Å². The maximum Gasteiger partial charge on any atom is 0.266 e. The number of benzene rings is 1. The molecule has 8 heteroatoms. The lowest BCUT2D eigenvalue weighted by molar-refractivity contribution is 0.280. The van der Waals surface area contributed by atoms with Crippen LogP contribution in [-0.4, -0.2) is 25.6 Å². The largest absolute Gasteiger partial charge is 0.493 e. The van der Waals surface area contributed by atoms with E-state index >= 15 is 0 Å². The first-order chi connectivity index (χ1) is 9.95. The maximum absolute atomic E-state index is 11.5. The monoisotopic (exact) mass is 329 g/mol. The number of ether oxygens (including phenoxy) is 2. The number of halogens is 1. The van der Waals surface area contributed by atoms with Crippen LogP contribution in [0.4, 0.5) is 0 Å². The zero-order valence-electron chi connectivity index (χ0n) is 11.0. The molecule has 0 spiro atoms. The van der Waals surface area contributed by atoms with E-state index in [0.717, 1.165) is 0 Å². The Morgan fingerprint density at radius 2 is 2.05 bits per heavy atom. The Hall–Kier alpha value is -1.83. The summed E-state index contributed by atoms with van der Waals surface area (Å²) in [5.41, 5.74) is 0.630. The molecule has 6 nitrogen and oxygen atoms in total. The van der Waals surface area contributed by atoms with Gasteiger partial charge in [-0.05, 0) is 29.8 Å². The van der Waals surface area contributed by atoms with Crippen molar-refractivity contribution < 1.29 is 23.0 Å². The van der Waals surface area contributed by atoms with Gasteiger partial charge in [-0.2, -0.15) is 0 Å². The van der Waals surface area contributed by atoms with Crippen molar-refractivity contribution in [2.45, 2.75) is 11.5 Å². The summed E-state index contributed by atoms with van der Waals surface area (Å²) in [6.45, 7) is -0.151. The van der Waals surface area contributed by atoms with Crippen molar-refractivity contribution in [3.8, 4) is 17.4 Å². The third-order valence-electron chi connectivity index (χ3n) is 2.62. The number of nitrogens with zero attached hydrogens (tertiary/aromatic N) is 1. The quantitative estimate of drug-likeness (QED) is 0.847. The van der Waals surface area contributed by atoms with E-state index < -0.39 is 9.05 Å². The van der Waals surface area contributed by atoms with Crippen LogP contribution in [0.3, 0.4) is 0 Å². The summed E-state index contributed by atoms with van der Waals surface area (Å²) < 4.78 is 33.6. The van der Waals surface area contributed by atoms with Gasteiger partial charge in [0.15, 0.2) is 11.5 Å². The molecular formula is C13H12ClNO5S. The standard InChI is InChI=1S/C13H12ClNO5S/c1-19-11-7-9(8-16)4-5-10(11)20-13-12(21(14,17)18)3-2-6-15-13/h2-7,16H,8H2,1H3. The first-order valence-corrected chi connectivity index (χ1v) is 8.12. The van der Waals surface area contributed by atoms with Gasteiger partial charge in [-0.25, -0.2) is 13.4 Å². The molecule has 0 aliphatic heterocycles. The zero-order valence-corrected chi connectivity index (χ0v) is 12.6. The summed E-state index contributed by atoms with van der Waals surface area (Å²) >= 11 is 0. The van der Waals surface area contributed by atoms with Crippen molar-refractivity contribution in [3.05, 3.63) is 42.1 Å². The van der Waals surface area contributed by atoms with Gasteiger partial charge in [0.2, 0.25) is 5.88 Å². The van der Waals surface area contributed by atoms with E-state index in [1.807, 2.05) is 0 Å². The molecule has 1 aromatic carbocycles. The van der Waals surface area contributed by atoms with Gasteiger partial charge in [-0.1, -0.05) is 6.07 Å². The summed E-state index contributed by atoms with van der Waals surface area (Å²) in [5.74, 6) is 0.447. The topological polar surface area (TPSA) is 85.7 Å². The molecule has 21 heavy (non-hydrogen) atoms.